The summed E-state index contributed by atoms with van der Waals surface area (Å²) in [5.74, 6) is 0.0719. The fourth-order valence-corrected chi connectivity index (χ4v) is 3.64. The molecular weight excluding hydrogens is 322 g/mol. The van der Waals surface area contributed by atoms with Crippen molar-refractivity contribution in [2.24, 2.45) is 0 Å². The molecule has 3 heterocycles. The highest BCUT2D eigenvalue weighted by molar-refractivity contribution is 7.13. The minimum absolute atomic E-state index is 0.0719. The summed E-state index contributed by atoms with van der Waals surface area (Å²) in [5, 5.41) is 7.47. The molecule has 0 unspecified atom stereocenters. The van der Waals surface area contributed by atoms with Crippen molar-refractivity contribution < 1.29 is 4.79 Å². The Hall–Kier alpha value is -1.89. The summed E-state index contributed by atoms with van der Waals surface area (Å²) in [7, 11) is 0. The third-order valence-electron chi connectivity index (χ3n) is 4.18. The van der Waals surface area contributed by atoms with Gasteiger partial charge < -0.3 is 9.80 Å². The quantitative estimate of drug-likeness (QED) is 0.838. The number of nitrogens with zero attached hydrogens (tertiary/aromatic N) is 5. The molecule has 1 saturated heterocycles. The van der Waals surface area contributed by atoms with E-state index in [-0.39, 0.29) is 11.4 Å². The Balaban J connectivity index is 1.67. The van der Waals surface area contributed by atoms with Gasteiger partial charge in [-0.2, -0.15) is 5.10 Å². The van der Waals surface area contributed by atoms with Gasteiger partial charge in [0.2, 0.25) is 0 Å². The molecule has 1 aliphatic heterocycles. The first-order chi connectivity index (χ1) is 11.3. The molecule has 1 amide bonds. The smallest absolute Gasteiger partial charge is 0.257 e. The van der Waals surface area contributed by atoms with E-state index >= 15 is 0 Å². The van der Waals surface area contributed by atoms with Gasteiger partial charge in [0.05, 0.1) is 23.0 Å². The van der Waals surface area contributed by atoms with Crippen molar-refractivity contribution in [3.05, 3.63) is 29.0 Å². The number of carbonyl (C=O) groups is 1. The highest BCUT2D eigenvalue weighted by Crippen LogP contribution is 2.22. The maximum absolute atomic E-state index is 12.8. The van der Waals surface area contributed by atoms with Crippen molar-refractivity contribution >= 4 is 22.4 Å². The molecule has 7 heteroatoms. The molecule has 1 fully saturated rings. The van der Waals surface area contributed by atoms with Gasteiger partial charge in [0.1, 0.15) is 0 Å². The lowest BCUT2D eigenvalue weighted by Gasteiger charge is -2.21. The Labute approximate surface area is 147 Å². The molecule has 6 nitrogen and oxygen atoms in total. The lowest BCUT2D eigenvalue weighted by atomic mass is 10.1. The third-order valence-corrected chi connectivity index (χ3v) is 5.20. The Morgan fingerprint density at radius 3 is 2.62 bits per heavy atom. The lowest BCUT2D eigenvalue weighted by molar-refractivity contribution is 0.0767. The predicted molar refractivity (Wildman–Crippen MR) is 96.8 cm³/mol. The van der Waals surface area contributed by atoms with Gasteiger partial charge in [-0.25, -0.2) is 4.98 Å². The van der Waals surface area contributed by atoms with E-state index in [0.717, 1.165) is 43.4 Å². The normalized spacial score (nSPS) is 16.3. The SMILES string of the molecule is Cc1csc(N2CCCN(C(=O)c3cnn(C(C)(C)C)c3)CC2)n1. The number of hydrogen-bond acceptors (Lipinski definition) is 5. The molecule has 2 aromatic rings. The molecule has 24 heavy (non-hydrogen) atoms. The van der Waals surface area contributed by atoms with Crippen molar-refractivity contribution in [3.63, 3.8) is 0 Å². The van der Waals surface area contributed by atoms with E-state index in [2.05, 4.69) is 41.1 Å². The zero-order valence-corrected chi connectivity index (χ0v) is 15.6. The van der Waals surface area contributed by atoms with Crippen molar-refractivity contribution in [2.45, 2.75) is 39.7 Å². The van der Waals surface area contributed by atoms with Crippen LogP contribution in [-0.2, 0) is 5.54 Å². The van der Waals surface area contributed by atoms with E-state index < -0.39 is 0 Å². The Bertz CT molecular complexity index is 715. The van der Waals surface area contributed by atoms with Crippen LogP contribution in [0, 0.1) is 6.92 Å². The number of rotatable bonds is 2. The molecule has 130 valence electrons. The van der Waals surface area contributed by atoms with E-state index in [9.17, 15) is 4.79 Å². The lowest BCUT2D eigenvalue weighted by Crippen LogP contribution is -2.35. The van der Waals surface area contributed by atoms with Gasteiger partial charge in [-0.3, -0.25) is 9.48 Å². The molecule has 0 atom stereocenters. The first-order valence-corrected chi connectivity index (χ1v) is 9.24. The van der Waals surface area contributed by atoms with Crippen LogP contribution in [0.1, 0.15) is 43.2 Å². The second-order valence-electron chi connectivity index (χ2n) is 7.25. The van der Waals surface area contributed by atoms with Gasteiger partial charge in [0.25, 0.3) is 5.91 Å². The van der Waals surface area contributed by atoms with Crippen LogP contribution in [0.3, 0.4) is 0 Å². The molecule has 0 aromatic carbocycles. The van der Waals surface area contributed by atoms with Crippen molar-refractivity contribution in [2.75, 3.05) is 31.1 Å². The number of anilines is 1. The number of amides is 1. The summed E-state index contributed by atoms with van der Waals surface area (Å²) in [5.41, 5.74) is 1.61. The van der Waals surface area contributed by atoms with Gasteiger partial charge in [-0.15, -0.1) is 11.3 Å². The average molecular weight is 347 g/mol. The second kappa shape index (κ2) is 6.55. The Kier molecular flexibility index (Phi) is 4.62. The van der Waals surface area contributed by atoms with Crippen LogP contribution in [0.2, 0.25) is 0 Å². The predicted octanol–water partition coefficient (Wildman–Crippen LogP) is 2.76. The molecule has 1 aliphatic rings. The van der Waals surface area contributed by atoms with Crippen LogP contribution in [0.25, 0.3) is 0 Å². The van der Waals surface area contributed by atoms with Gasteiger partial charge in [0.15, 0.2) is 5.13 Å². The van der Waals surface area contributed by atoms with Gasteiger partial charge in [0, 0.05) is 37.8 Å². The molecule has 0 bridgehead atoms. The number of carbonyl (C=O) groups excluding carboxylic acids is 1. The molecule has 2 aromatic heterocycles. The van der Waals surface area contributed by atoms with E-state index in [1.54, 1.807) is 17.5 Å². The summed E-state index contributed by atoms with van der Waals surface area (Å²) in [6, 6.07) is 0. The van der Waals surface area contributed by atoms with E-state index in [4.69, 9.17) is 0 Å². The zero-order chi connectivity index (χ0) is 17.3. The Morgan fingerprint density at radius 2 is 2.00 bits per heavy atom. The van der Waals surface area contributed by atoms with Crippen LogP contribution in [0.4, 0.5) is 5.13 Å². The summed E-state index contributed by atoms with van der Waals surface area (Å²) in [6.07, 6.45) is 4.49. The monoisotopic (exact) mass is 347 g/mol. The third kappa shape index (κ3) is 3.61. The molecular formula is C17H25N5OS. The maximum Gasteiger partial charge on any atom is 0.257 e. The van der Waals surface area contributed by atoms with E-state index in [1.807, 2.05) is 22.7 Å². The maximum atomic E-state index is 12.8. The second-order valence-corrected chi connectivity index (χ2v) is 8.09. The van der Waals surface area contributed by atoms with Gasteiger partial charge in [-0.05, 0) is 34.1 Å². The summed E-state index contributed by atoms with van der Waals surface area (Å²) < 4.78 is 1.85. The summed E-state index contributed by atoms with van der Waals surface area (Å²) >= 11 is 1.68. The first kappa shape index (κ1) is 17.0. The average Bonchev–Trinajstić information content (AvgIpc) is 3.10. The van der Waals surface area contributed by atoms with Crippen molar-refractivity contribution in [1.29, 1.82) is 0 Å². The minimum atomic E-state index is -0.114. The molecule has 0 aliphatic carbocycles. The summed E-state index contributed by atoms with van der Waals surface area (Å²) in [4.78, 5) is 21.6. The minimum Gasteiger partial charge on any atom is -0.346 e. The van der Waals surface area contributed by atoms with Gasteiger partial charge >= 0.3 is 0 Å². The van der Waals surface area contributed by atoms with Crippen LogP contribution < -0.4 is 4.90 Å². The molecule has 0 radical (unpaired) electrons. The molecule has 0 saturated carbocycles. The number of aryl methyl sites for hydroxylation is 1. The van der Waals surface area contributed by atoms with Crippen LogP contribution >= 0.6 is 11.3 Å². The molecule has 3 rings (SSSR count). The highest BCUT2D eigenvalue weighted by atomic mass is 32.1. The topological polar surface area (TPSA) is 54.3 Å². The van der Waals surface area contributed by atoms with E-state index in [0.29, 0.717) is 5.56 Å². The first-order valence-electron chi connectivity index (χ1n) is 8.36. The number of hydrogen-bond donors (Lipinski definition) is 0. The van der Waals surface area contributed by atoms with E-state index in [1.165, 1.54) is 0 Å². The van der Waals surface area contributed by atoms with Crippen molar-refractivity contribution in [3.8, 4) is 0 Å². The van der Waals surface area contributed by atoms with Crippen LogP contribution in [0.15, 0.2) is 17.8 Å². The molecule has 0 spiro atoms. The fraction of sp³-hybridized carbons (Fsp3) is 0.588. The summed E-state index contributed by atoms with van der Waals surface area (Å²) in [6.45, 7) is 11.5. The Morgan fingerprint density at radius 1 is 1.21 bits per heavy atom. The standard InChI is InChI=1S/C17H25N5OS/c1-13-12-24-16(19-13)21-7-5-6-20(8-9-21)15(23)14-10-18-22(11-14)17(2,3)4/h10-12H,5-9H2,1-4H3. The van der Waals surface area contributed by atoms with Crippen LogP contribution in [-0.4, -0.2) is 51.8 Å². The fourth-order valence-electron chi connectivity index (χ4n) is 2.78. The number of thiazole rings is 1. The number of aromatic nitrogens is 3. The highest BCUT2D eigenvalue weighted by Gasteiger charge is 2.24. The molecule has 0 N–H and O–H groups in total. The van der Waals surface area contributed by atoms with Gasteiger partial charge in [-0.1, -0.05) is 0 Å². The van der Waals surface area contributed by atoms with Crippen LogP contribution in [0.5, 0.6) is 0 Å². The zero-order valence-electron chi connectivity index (χ0n) is 14.8. The van der Waals surface area contributed by atoms with Crippen molar-refractivity contribution in [1.82, 2.24) is 19.7 Å². The largest absolute Gasteiger partial charge is 0.346 e.